The van der Waals surface area contributed by atoms with Crippen LogP contribution in [0.15, 0.2) is 84.9 Å². The van der Waals surface area contributed by atoms with Crippen molar-refractivity contribution in [3.8, 4) is 5.75 Å². The minimum atomic E-state index is -1.13. The molecule has 0 aliphatic rings. The summed E-state index contributed by atoms with van der Waals surface area (Å²) in [6, 6.07) is 27.3. The standard InChI is InChI=1S/C20H17O2P/c1-22-19-15-9-8-14-18(19)20(21)23(16-10-4-2-5-11-16)17-12-6-3-7-13-17/h2-15H,1H3. The lowest BCUT2D eigenvalue weighted by Gasteiger charge is -2.18. The van der Waals surface area contributed by atoms with Crippen LogP contribution in [-0.2, 0) is 0 Å². The first-order valence-electron chi connectivity index (χ1n) is 7.39. The molecule has 3 heteroatoms. The molecule has 0 fully saturated rings. The first-order chi connectivity index (χ1) is 11.3. The highest BCUT2D eigenvalue weighted by Crippen LogP contribution is 2.39. The molecule has 114 valence electrons. The Hall–Kier alpha value is -2.44. The van der Waals surface area contributed by atoms with Crippen LogP contribution in [0.25, 0.3) is 0 Å². The average molecular weight is 320 g/mol. The molecule has 0 saturated heterocycles. The van der Waals surface area contributed by atoms with E-state index in [1.807, 2.05) is 84.9 Å². The van der Waals surface area contributed by atoms with Gasteiger partial charge in [-0.15, -0.1) is 0 Å². The molecule has 0 saturated carbocycles. The molecule has 3 aromatic carbocycles. The zero-order valence-corrected chi connectivity index (χ0v) is 13.7. The molecule has 3 aromatic rings. The lowest BCUT2D eigenvalue weighted by Crippen LogP contribution is -2.18. The van der Waals surface area contributed by atoms with Crippen LogP contribution >= 0.6 is 7.92 Å². The Labute approximate surface area is 137 Å². The Balaban J connectivity index is 2.11. The number of carbonyl (C=O) groups is 1. The zero-order valence-electron chi connectivity index (χ0n) is 12.8. The molecular formula is C20H17O2P. The maximum absolute atomic E-state index is 13.3. The molecule has 3 rings (SSSR count). The quantitative estimate of drug-likeness (QED) is 0.665. The first kappa shape index (κ1) is 15.5. The van der Waals surface area contributed by atoms with Crippen molar-refractivity contribution in [2.24, 2.45) is 0 Å². The summed E-state index contributed by atoms with van der Waals surface area (Å²) in [5.74, 6) is 0.622. The normalized spacial score (nSPS) is 10.5. The molecule has 23 heavy (non-hydrogen) atoms. The minimum absolute atomic E-state index is 0.106. The van der Waals surface area contributed by atoms with Gasteiger partial charge in [-0.25, -0.2) is 0 Å². The van der Waals surface area contributed by atoms with Crippen LogP contribution in [0.5, 0.6) is 5.75 Å². The Morgan fingerprint density at radius 1 is 0.739 bits per heavy atom. The Bertz CT molecular complexity index is 746. The predicted molar refractivity (Wildman–Crippen MR) is 96.4 cm³/mol. The fourth-order valence-electron chi connectivity index (χ4n) is 2.48. The van der Waals surface area contributed by atoms with E-state index in [1.165, 1.54) is 0 Å². The predicted octanol–water partition coefficient (Wildman–Crippen LogP) is 3.97. The molecule has 0 atom stereocenters. The van der Waals surface area contributed by atoms with Crippen molar-refractivity contribution in [1.82, 2.24) is 0 Å². The second-order valence-corrected chi connectivity index (χ2v) is 7.12. The molecule has 0 aromatic heterocycles. The SMILES string of the molecule is COc1ccccc1C(=O)P(c1ccccc1)c1ccccc1. The van der Waals surface area contributed by atoms with E-state index in [4.69, 9.17) is 4.74 Å². The summed E-state index contributed by atoms with van der Waals surface area (Å²) in [5, 5.41) is 2.09. The van der Waals surface area contributed by atoms with E-state index in [1.54, 1.807) is 7.11 Å². The van der Waals surface area contributed by atoms with E-state index in [-0.39, 0.29) is 5.52 Å². The maximum atomic E-state index is 13.3. The van der Waals surface area contributed by atoms with E-state index in [0.29, 0.717) is 11.3 Å². The fourth-order valence-corrected chi connectivity index (χ4v) is 4.61. The van der Waals surface area contributed by atoms with Gasteiger partial charge in [-0.05, 0) is 22.7 Å². The molecule has 0 radical (unpaired) electrons. The van der Waals surface area contributed by atoms with Gasteiger partial charge in [-0.1, -0.05) is 72.8 Å². The van der Waals surface area contributed by atoms with Crippen LogP contribution in [-0.4, -0.2) is 12.6 Å². The monoisotopic (exact) mass is 320 g/mol. The van der Waals surface area contributed by atoms with Gasteiger partial charge in [0.15, 0.2) is 5.52 Å². The van der Waals surface area contributed by atoms with Crippen molar-refractivity contribution in [3.63, 3.8) is 0 Å². The van der Waals surface area contributed by atoms with Gasteiger partial charge in [-0.3, -0.25) is 4.79 Å². The van der Waals surface area contributed by atoms with E-state index in [9.17, 15) is 4.79 Å². The van der Waals surface area contributed by atoms with Gasteiger partial charge in [0, 0.05) is 7.92 Å². The maximum Gasteiger partial charge on any atom is 0.196 e. The number of rotatable bonds is 5. The Morgan fingerprint density at radius 2 is 1.22 bits per heavy atom. The van der Waals surface area contributed by atoms with Crippen molar-refractivity contribution in [2.75, 3.05) is 7.11 Å². The third-order valence-electron chi connectivity index (χ3n) is 3.57. The number of benzene rings is 3. The van der Waals surface area contributed by atoms with E-state index in [2.05, 4.69) is 0 Å². The number of hydrogen-bond acceptors (Lipinski definition) is 2. The third kappa shape index (κ3) is 3.33. The van der Waals surface area contributed by atoms with E-state index < -0.39 is 7.92 Å². The minimum Gasteiger partial charge on any atom is -0.496 e. The van der Waals surface area contributed by atoms with E-state index >= 15 is 0 Å². The summed E-state index contributed by atoms with van der Waals surface area (Å²) in [6.45, 7) is 0. The van der Waals surface area contributed by atoms with Gasteiger partial charge in [0.25, 0.3) is 0 Å². The van der Waals surface area contributed by atoms with Crippen molar-refractivity contribution in [3.05, 3.63) is 90.5 Å². The van der Waals surface area contributed by atoms with Gasteiger partial charge in [-0.2, -0.15) is 0 Å². The highest BCUT2D eigenvalue weighted by molar-refractivity contribution is 7.88. The molecule has 2 nitrogen and oxygen atoms in total. The van der Waals surface area contributed by atoms with Gasteiger partial charge in [0.05, 0.1) is 12.7 Å². The lowest BCUT2D eigenvalue weighted by atomic mass is 10.2. The Morgan fingerprint density at radius 3 is 1.74 bits per heavy atom. The highest BCUT2D eigenvalue weighted by atomic mass is 31.1. The summed E-state index contributed by atoms with van der Waals surface area (Å²) in [6.07, 6.45) is 0. The zero-order chi connectivity index (χ0) is 16.1. The third-order valence-corrected chi connectivity index (χ3v) is 5.85. The van der Waals surface area contributed by atoms with Crippen LogP contribution in [0, 0.1) is 0 Å². The average Bonchev–Trinajstić information content (AvgIpc) is 2.63. The number of carbonyl (C=O) groups excluding carboxylic acids is 1. The number of methoxy groups -OCH3 is 1. The molecule has 0 aliphatic heterocycles. The van der Waals surface area contributed by atoms with Crippen molar-refractivity contribution in [2.45, 2.75) is 0 Å². The smallest absolute Gasteiger partial charge is 0.196 e. The van der Waals surface area contributed by atoms with Crippen LogP contribution in [0.2, 0.25) is 0 Å². The second-order valence-electron chi connectivity index (χ2n) is 5.01. The highest BCUT2D eigenvalue weighted by Gasteiger charge is 2.25. The van der Waals surface area contributed by atoms with Gasteiger partial charge in [0.2, 0.25) is 0 Å². The van der Waals surface area contributed by atoms with Crippen LogP contribution < -0.4 is 15.3 Å². The molecule has 0 spiro atoms. The van der Waals surface area contributed by atoms with Crippen LogP contribution in [0.3, 0.4) is 0 Å². The summed E-state index contributed by atoms with van der Waals surface area (Å²) in [7, 11) is 0.467. The second kappa shape index (κ2) is 7.21. The fraction of sp³-hybridized carbons (Fsp3) is 0.0500. The number of hydrogen-bond donors (Lipinski definition) is 0. The molecular weight excluding hydrogens is 303 g/mol. The summed E-state index contributed by atoms with van der Waals surface area (Å²) >= 11 is 0. The van der Waals surface area contributed by atoms with Gasteiger partial charge >= 0.3 is 0 Å². The summed E-state index contributed by atoms with van der Waals surface area (Å²) < 4.78 is 5.38. The number of para-hydroxylation sites is 1. The van der Waals surface area contributed by atoms with Gasteiger partial charge in [0.1, 0.15) is 5.75 Å². The molecule has 0 unspecified atom stereocenters. The summed E-state index contributed by atoms with van der Waals surface area (Å²) in [5.41, 5.74) is 0.740. The van der Waals surface area contributed by atoms with Crippen molar-refractivity contribution >= 4 is 24.1 Å². The summed E-state index contributed by atoms with van der Waals surface area (Å²) in [4.78, 5) is 13.3. The number of ether oxygens (including phenoxy) is 1. The lowest BCUT2D eigenvalue weighted by molar-refractivity contribution is 0.108. The largest absolute Gasteiger partial charge is 0.496 e. The first-order valence-corrected chi connectivity index (χ1v) is 8.73. The van der Waals surface area contributed by atoms with E-state index in [0.717, 1.165) is 10.6 Å². The van der Waals surface area contributed by atoms with Crippen molar-refractivity contribution in [1.29, 1.82) is 0 Å². The Kier molecular flexibility index (Phi) is 4.85. The van der Waals surface area contributed by atoms with Crippen molar-refractivity contribution < 1.29 is 9.53 Å². The van der Waals surface area contributed by atoms with Crippen LogP contribution in [0.4, 0.5) is 0 Å². The molecule has 0 N–H and O–H groups in total. The molecule has 0 heterocycles. The molecule has 0 bridgehead atoms. The molecule has 0 aliphatic carbocycles. The molecule has 0 amide bonds. The van der Waals surface area contributed by atoms with Gasteiger partial charge < -0.3 is 4.74 Å². The topological polar surface area (TPSA) is 26.3 Å². The van der Waals surface area contributed by atoms with Crippen LogP contribution in [0.1, 0.15) is 10.4 Å².